The second-order valence-electron chi connectivity index (χ2n) is 8.46. The average Bonchev–Trinajstić information content (AvgIpc) is 2.71. The number of hydrogen-bond acceptors (Lipinski definition) is 4. The number of carbonyl (C=O) groups excluding carboxylic acids is 2. The van der Waals surface area contributed by atoms with Crippen LogP contribution in [0, 0.1) is 17.8 Å². The Morgan fingerprint density at radius 2 is 1.48 bits per heavy atom. The van der Waals surface area contributed by atoms with Crippen LogP contribution >= 0.6 is 0 Å². The number of nitrogens with two attached hydrogens (primary N) is 1. The van der Waals surface area contributed by atoms with Gasteiger partial charge < -0.3 is 10.5 Å². The van der Waals surface area contributed by atoms with Crippen molar-refractivity contribution >= 4 is 11.6 Å². The van der Waals surface area contributed by atoms with Crippen LogP contribution in [0.4, 0.5) is 0 Å². The molecule has 4 heteroatoms. The van der Waals surface area contributed by atoms with Crippen LogP contribution in [0.25, 0.3) is 0 Å². The predicted molar refractivity (Wildman–Crippen MR) is 122 cm³/mol. The molecule has 0 bridgehead atoms. The van der Waals surface area contributed by atoms with Crippen molar-refractivity contribution in [1.82, 2.24) is 0 Å². The van der Waals surface area contributed by atoms with Crippen LogP contribution in [-0.2, 0) is 9.59 Å². The van der Waals surface area contributed by atoms with Gasteiger partial charge in [0.25, 0.3) is 0 Å². The molecule has 0 fully saturated rings. The summed E-state index contributed by atoms with van der Waals surface area (Å²) in [5.41, 5.74) is 5.92. The molecule has 1 rings (SSSR count). The van der Waals surface area contributed by atoms with Gasteiger partial charge in [0, 0.05) is 24.2 Å². The van der Waals surface area contributed by atoms with Crippen molar-refractivity contribution in [2.45, 2.75) is 92.7 Å². The normalized spacial score (nSPS) is 14.0. The minimum atomic E-state index is -0.432. The number of ether oxygens (including phenoxy) is 1. The summed E-state index contributed by atoms with van der Waals surface area (Å²) in [4.78, 5) is 23.1. The zero-order valence-corrected chi connectivity index (χ0v) is 19.6. The maximum Gasteiger partial charge on any atom is 0.152 e. The first-order valence-corrected chi connectivity index (χ1v) is 11.2. The molecule has 0 radical (unpaired) electrons. The Morgan fingerprint density at radius 3 is 1.93 bits per heavy atom. The van der Waals surface area contributed by atoms with Gasteiger partial charge in [0.05, 0.1) is 6.04 Å². The zero-order chi connectivity index (χ0) is 22.4. The Bertz CT molecular complexity index is 569. The van der Waals surface area contributed by atoms with Crippen LogP contribution in [0.2, 0.25) is 0 Å². The third kappa shape index (κ3) is 11.8. The lowest BCUT2D eigenvalue weighted by Gasteiger charge is -2.21. The number of para-hydroxylation sites is 1. The Morgan fingerprint density at radius 1 is 0.931 bits per heavy atom. The molecule has 0 aliphatic rings. The largest absolute Gasteiger partial charge is 0.490 e. The molecule has 2 N–H and O–H groups in total. The van der Waals surface area contributed by atoms with Gasteiger partial charge in [-0.05, 0) is 25.0 Å². The lowest BCUT2D eigenvalue weighted by atomic mass is 9.93. The first-order valence-electron chi connectivity index (χ1n) is 11.2. The number of carbonyl (C=O) groups is 2. The molecule has 1 aromatic carbocycles. The first-order chi connectivity index (χ1) is 13.6. The molecule has 0 saturated heterocycles. The molecule has 0 amide bonds. The van der Waals surface area contributed by atoms with E-state index in [1.54, 1.807) is 0 Å². The van der Waals surface area contributed by atoms with E-state index < -0.39 is 6.04 Å². The molecule has 3 unspecified atom stereocenters. The average molecular weight is 406 g/mol. The van der Waals surface area contributed by atoms with Crippen LogP contribution in [-0.4, -0.2) is 23.7 Å². The highest BCUT2D eigenvalue weighted by atomic mass is 16.5. The summed E-state index contributed by atoms with van der Waals surface area (Å²) >= 11 is 0. The molecule has 0 spiro atoms. The molecule has 0 aliphatic carbocycles. The van der Waals surface area contributed by atoms with E-state index in [1.165, 1.54) is 12.8 Å². The third-order valence-electron chi connectivity index (χ3n) is 5.00. The molecule has 0 saturated carbocycles. The van der Waals surface area contributed by atoms with Crippen molar-refractivity contribution < 1.29 is 14.3 Å². The second kappa shape index (κ2) is 15.2. The number of rotatable bonds is 12. The fraction of sp³-hybridized carbons (Fsp3) is 0.680. The van der Waals surface area contributed by atoms with Crippen LogP contribution in [0.5, 0.6) is 5.75 Å². The molecule has 166 valence electrons. The standard InChI is InChI=1S/C15H23NO2.C10H20O/c1-4-12(10-14(16)15(17)11(2)3)18-13-8-6-5-7-9-13;1-5-6-7-9(4)10(11)8(2)3/h5-9,11-12,14H,4,10,16H2,1-3H3;8-9H,5-7H2,1-4H3. The smallest absolute Gasteiger partial charge is 0.152 e. The number of unbranched alkanes of at least 4 members (excludes halogenated alkanes) is 1. The summed E-state index contributed by atoms with van der Waals surface area (Å²) in [6.45, 7) is 13.9. The fourth-order valence-electron chi connectivity index (χ4n) is 3.04. The number of ketones is 2. The van der Waals surface area contributed by atoms with Gasteiger partial charge in [0.15, 0.2) is 5.78 Å². The van der Waals surface area contributed by atoms with E-state index in [0.29, 0.717) is 12.2 Å². The van der Waals surface area contributed by atoms with Gasteiger partial charge in [0.1, 0.15) is 17.6 Å². The second-order valence-corrected chi connectivity index (χ2v) is 8.46. The predicted octanol–water partition coefficient (Wildman–Crippen LogP) is 5.82. The minimum absolute atomic E-state index is 0.00917. The van der Waals surface area contributed by atoms with Crippen molar-refractivity contribution in [3.05, 3.63) is 30.3 Å². The van der Waals surface area contributed by atoms with Crippen molar-refractivity contribution in [3.63, 3.8) is 0 Å². The maximum absolute atomic E-state index is 11.8. The maximum atomic E-state index is 11.8. The van der Waals surface area contributed by atoms with Gasteiger partial charge in [-0.25, -0.2) is 0 Å². The zero-order valence-electron chi connectivity index (χ0n) is 19.6. The van der Waals surface area contributed by atoms with Crippen molar-refractivity contribution in [1.29, 1.82) is 0 Å². The molecular formula is C25H43NO3. The van der Waals surface area contributed by atoms with Crippen molar-refractivity contribution in [2.24, 2.45) is 23.5 Å². The van der Waals surface area contributed by atoms with E-state index in [4.69, 9.17) is 10.5 Å². The number of Topliss-reactive ketones (excluding diaryl/α,β-unsaturated/α-hetero) is 2. The van der Waals surface area contributed by atoms with Crippen molar-refractivity contribution in [2.75, 3.05) is 0 Å². The van der Waals surface area contributed by atoms with E-state index in [0.717, 1.165) is 18.6 Å². The molecule has 4 nitrogen and oxygen atoms in total. The lowest BCUT2D eigenvalue weighted by Crippen LogP contribution is -2.38. The molecule has 3 atom stereocenters. The topological polar surface area (TPSA) is 69.4 Å². The summed E-state index contributed by atoms with van der Waals surface area (Å²) in [6.07, 6.45) is 4.84. The summed E-state index contributed by atoms with van der Waals surface area (Å²) < 4.78 is 5.83. The van der Waals surface area contributed by atoms with Gasteiger partial charge in [-0.1, -0.05) is 79.5 Å². The van der Waals surface area contributed by atoms with Gasteiger partial charge in [-0.15, -0.1) is 0 Å². The molecule has 0 aliphatic heterocycles. The lowest BCUT2D eigenvalue weighted by molar-refractivity contribution is -0.125. The first kappa shape index (κ1) is 27.3. The SMILES string of the molecule is CCC(CC(N)C(=O)C(C)C)Oc1ccccc1.CCCCC(C)C(=O)C(C)C. The Kier molecular flexibility index (Phi) is 14.3. The van der Waals surface area contributed by atoms with Gasteiger partial charge >= 0.3 is 0 Å². The van der Waals surface area contributed by atoms with Crippen LogP contribution in [0.3, 0.4) is 0 Å². The van der Waals surface area contributed by atoms with E-state index in [2.05, 4.69) is 6.92 Å². The Labute approximate surface area is 178 Å². The van der Waals surface area contributed by atoms with E-state index in [-0.39, 0.29) is 29.6 Å². The Balaban J connectivity index is 0.000000614. The highest BCUT2D eigenvalue weighted by Gasteiger charge is 2.21. The molecular weight excluding hydrogens is 362 g/mol. The fourth-order valence-corrected chi connectivity index (χ4v) is 3.04. The third-order valence-corrected chi connectivity index (χ3v) is 5.00. The summed E-state index contributed by atoms with van der Waals surface area (Å²) in [5, 5.41) is 0. The van der Waals surface area contributed by atoms with E-state index >= 15 is 0 Å². The molecule has 1 aromatic rings. The minimum Gasteiger partial charge on any atom is -0.490 e. The summed E-state index contributed by atoms with van der Waals surface area (Å²) in [6, 6.07) is 9.21. The summed E-state index contributed by atoms with van der Waals surface area (Å²) in [7, 11) is 0. The number of hydrogen-bond donors (Lipinski definition) is 1. The summed E-state index contributed by atoms with van der Waals surface area (Å²) in [5.74, 6) is 1.81. The van der Waals surface area contributed by atoms with E-state index in [9.17, 15) is 9.59 Å². The molecule has 0 heterocycles. The Hall–Kier alpha value is -1.68. The van der Waals surface area contributed by atoms with Crippen LogP contribution < -0.4 is 10.5 Å². The highest BCUT2D eigenvalue weighted by molar-refractivity contribution is 5.85. The van der Waals surface area contributed by atoms with Gasteiger partial charge in [-0.2, -0.15) is 0 Å². The van der Waals surface area contributed by atoms with E-state index in [1.807, 2.05) is 71.9 Å². The monoisotopic (exact) mass is 405 g/mol. The highest BCUT2D eigenvalue weighted by Crippen LogP contribution is 2.16. The van der Waals surface area contributed by atoms with Crippen LogP contribution in [0.15, 0.2) is 30.3 Å². The van der Waals surface area contributed by atoms with Gasteiger partial charge in [0.2, 0.25) is 0 Å². The number of benzene rings is 1. The quantitative estimate of drug-likeness (QED) is 0.475. The molecule has 29 heavy (non-hydrogen) atoms. The molecule has 0 aromatic heterocycles. The van der Waals surface area contributed by atoms with Crippen LogP contribution in [0.1, 0.15) is 80.6 Å². The van der Waals surface area contributed by atoms with Gasteiger partial charge in [-0.3, -0.25) is 9.59 Å². The van der Waals surface area contributed by atoms with Crippen molar-refractivity contribution in [3.8, 4) is 5.75 Å².